The number of nitrogens with one attached hydrogen (secondary N) is 2. The summed E-state index contributed by atoms with van der Waals surface area (Å²) >= 11 is 0. The number of carbonyl (C=O) groups excluding carboxylic acids is 1. The molecule has 1 fully saturated rings. The number of pyridine rings is 1. The van der Waals surface area contributed by atoms with Crippen LogP contribution in [0.4, 0.5) is 0 Å². The second-order valence-corrected chi connectivity index (χ2v) is 7.76. The molecule has 0 aliphatic carbocycles. The Hall–Kier alpha value is -2.92. The minimum atomic E-state index is -0.0385. The predicted octanol–water partition coefficient (Wildman–Crippen LogP) is 3.46. The maximum atomic E-state index is 12.8. The van der Waals surface area contributed by atoms with Crippen LogP contribution in [0.15, 0.2) is 60.8 Å². The Bertz CT molecular complexity index is 966. The van der Waals surface area contributed by atoms with Crippen molar-refractivity contribution in [2.24, 2.45) is 11.8 Å². The van der Waals surface area contributed by atoms with E-state index in [9.17, 15) is 4.79 Å². The van der Waals surface area contributed by atoms with Crippen LogP contribution in [-0.2, 0) is 11.3 Å². The fourth-order valence-corrected chi connectivity index (χ4v) is 3.88. The van der Waals surface area contributed by atoms with Gasteiger partial charge in [-0.2, -0.15) is 0 Å². The van der Waals surface area contributed by atoms with E-state index >= 15 is 0 Å². The lowest BCUT2D eigenvalue weighted by Crippen LogP contribution is -2.45. The molecule has 0 spiro atoms. The molecule has 3 aromatic rings. The maximum absolute atomic E-state index is 12.8. The largest absolute Gasteiger partial charge is 0.492 e. The molecule has 1 amide bonds. The van der Waals surface area contributed by atoms with Gasteiger partial charge >= 0.3 is 0 Å². The van der Waals surface area contributed by atoms with Gasteiger partial charge < -0.3 is 15.4 Å². The number of rotatable bonds is 6. The molecule has 4 rings (SSSR count). The molecule has 2 aromatic carbocycles. The number of nitrogens with zero attached hydrogens (tertiary/aromatic N) is 1. The number of amides is 1. The van der Waals surface area contributed by atoms with E-state index in [1.807, 2.05) is 37.3 Å². The van der Waals surface area contributed by atoms with Gasteiger partial charge in [0.25, 0.3) is 0 Å². The number of aryl methyl sites for hydroxylation is 1. The summed E-state index contributed by atoms with van der Waals surface area (Å²) in [5, 5.41) is 8.90. The molecule has 29 heavy (non-hydrogen) atoms. The van der Waals surface area contributed by atoms with Gasteiger partial charge in [-0.25, -0.2) is 0 Å². The molecule has 2 heterocycles. The third-order valence-electron chi connectivity index (χ3n) is 5.52. The molecule has 0 unspecified atom stereocenters. The molecular formula is C24H27N3O2. The number of aromatic nitrogens is 1. The summed E-state index contributed by atoms with van der Waals surface area (Å²) in [6.07, 6.45) is 2.58. The van der Waals surface area contributed by atoms with Gasteiger partial charge in [-0.05, 0) is 41.8 Å². The lowest BCUT2D eigenvalue weighted by molar-refractivity contribution is -0.126. The fraction of sp³-hybridized carbons (Fsp3) is 0.333. The van der Waals surface area contributed by atoms with Crippen LogP contribution >= 0.6 is 0 Å². The second kappa shape index (κ2) is 9.05. The SMILES string of the molecule is Cc1ccc(OC[C@@H]2CNC[C@H](C(=O)NCc3cccc4ccccc34)C2)cn1. The smallest absolute Gasteiger partial charge is 0.224 e. The molecule has 150 valence electrons. The van der Waals surface area contributed by atoms with Crippen LogP contribution in [0.2, 0.25) is 0 Å². The molecule has 0 saturated carbocycles. The van der Waals surface area contributed by atoms with Crippen molar-refractivity contribution in [2.45, 2.75) is 19.9 Å². The monoisotopic (exact) mass is 389 g/mol. The summed E-state index contributed by atoms with van der Waals surface area (Å²) in [4.78, 5) is 17.0. The number of piperidine rings is 1. The Kier molecular flexibility index (Phi) is 6.06. The summed E-state index contributed by atoms with van der Waals surface area (Å²) in [6, 6.07) is 18.4. The Morgan fingerprint density at radius 2 is 2.00 bits per heavy atom. The zero-order chi connectivity index (χ0) is 20.1. The van der Waals surface area contributed by atoms with Crippen LogP contribution in [0.25, 0.3) is 10.8 Å². The number of carbonyl (C=O) groups is 1. The molecular weight excluding hydrogens is 362 g/mol. The van der Waals surface area contributed by atoms with E-state index in [0.717, 1.165) is 30.0 Å². The lowest BCUT2D eigenvalue weighted by Gasteiger charge is -2.29. The van der Waals surface area contributed by atoms with Gasteiger partial charge in [-0.3, -0.25) is 9.78 Å². The molecule has 1 aromatic heterocycles. The van der Waals surface area contributed by atoms with Crippen LogP contribution in [0, 0.1) is 18.8 Å². The highest BCUT2D eigenvalue weighted by Crippen LogP contribution is 2.21. The van der Waals surface area contributed by atoms with Crippen LogP contribution in [-0.4, -0.2) is 30.6 Å². The molecule has 0 radical (unpaired) electrons. The molecule has 5 heteroatoms. The maximum Gasteiger partial charge on any atom is 0.224 e. The van der Waals surface area contributed by atoms with Crippen molar-refractivity contribution in [3.05, 3.63) is 72.1 Å². The van der Waals surface area contributed by atoms with Crippen molar-refractivity contribution in [3.63, 3.8) is 0 Å². The molecule has 1 aliphatic heterocycles. The van der Waals surface area contributed by atoms with Crippen LogP contribution < -0.4 is 15.4 Å². The van der Waals surface area contributed by atoms with Crippen LogP contribution in [0.3, 0.4) is 0 Å². The zero-order valence-corrected chi connectivity index (χ0v) is 16.7. The van der Waals surface area contributed by atoms with E-state index < -0.39 is 0 Å². The zero-order valence-electron chi connectivity index (χ0n) is 16.7. The average molecular weight is 389 g/mol. The Balaban J connectivity index is 1.30. The third kappa shape index (κ3) is 4.93. The van der Waals surface area contributed by atoms with E-state index in [0.29, 0.717) is 25.6 Å². The number of hydrogen-bond donors (Lipinski definition) is 2. The van der Waals surface area contributed by atoms with E-state index in [1.165, 1.54) is 10.8 Å². The standard InChI is InChI=1S/C24H27N3O2/c1-17-9-10-22(15-26-17)29-16-18-11-21(13-25-12-18)24(28)27-14-20-7-4-6-19-5-2-3-8-23(19)20/h2-10,15,18,21,25H,11-14,16H2,1H3,(H,27,28)/t18-,21+/m0/s1. The summed E-state index contributed by atoms with van der Waals surface area (Å²) < 4.78 is 5.87. The molecule has 1 saturated heterocycles. The minimum Gasteiger partial charge on any atom is -0.492 e. The highest BCUT2D eigenvalue weighted by molar-refractivity contribution is 5.86. The number of benzene rings is 2. The third-order valence-corrected chi connectivity index (χ3v) is 5.52. The molecule has 2 N–H and O–H groups in total. The number of fused-ring (bicyclic) bond motifs is 1. The van der Waals surface area contributed by atoms with Crippen molar-refractivity contribution in [1.82, 2.24) is 15.6 Å². The molecule has 2 atom stereocenters. The van der Waals surface area contributed by atoms with Crippen LogP contribution in [0.1, 0.15) is 17.7 Å². The summed E-state index contributed by atoms with van der Waals surface area (Å²) in [7, 11) is 0. The van der Waals surface area contributed by atoms with Gasteiger partial charge in [0.15, 0.2) is 0 Å². The predicted molar refractivity (Wildman–Crippen MR) is 115 cm³/mol. The highest BCUT2D eigenvalue weighted by Gasteiger charge is 2.27. The lowest BCUT2D eigenvalue weighted by atomic mass is 9.90. The first-order chi connectivity index (χ1) is 14.2. The van der Waals surface area contributed by atoms with Crippen LogP contribution in [0.5, 0.6) is 5.75 Å². The number of ether oxygens (including phenoxy) is 1. The second-order valence-electron chi connectivity index (χ2n) is 7.76. The topological polar surface area (TPSA) is 63.2 Å². The summed E-state index contributed by atoms with van der Waals surface area (Å²) in [6.45, 7) is 4.67. The van der Waals surface area contributed by atoms with Gasteiger partial charge in [0, 0.05) is 31.2 Å². The van der Waals surface area contributed by atoms with Crippen molar-refractivity contribution in [1.29, 1.82) is 0 Å². The molecule has 0 bridgehead atoms. The van der Waals surface area contributed by atoms with E-state index in [2.05, 4.69) is 39.9 Å². The van der Waals surface area contributed by atoms with Gasteiger partial charge in [0.05, 0.1) is 18.7 Å². The first-order valence-corrected chi connectivity index (χ1v) is 10.2. The van der Waals surface area contributed by atoms with E-state index in [-0.39, 0.29) is 11.8 Å². The van der Waals surface area contributed by atoms with Crippen molar-refractivity contribution < 1.29 is 9.53 Å². The van der Waals surface area contributed by atoms with E-state index in [4.69, 9.17) is 4.74 Å². The first kappa shape index (κ1) is 19.4. The quantitative estimate of drug-likeness (QED) is 0.678. The minimum absolute atomic E-state index is 0.0385. The van der Waals surface area contributed by atoms with Gasteiger partial charge in [-0.1, -0.05) is 42.5 Å². The van der Waals surface area contributed by atoms with Gasteiger partial charge in [-0.15, -0.1) is 0 Å². The fourth-order valence-electron chi connectivity index (χ4n) is 3.88. The highest BCUT2D eigenvalue weighted by atomic mass is 16.5. The average Bonchev–Trinajstić information content (AvgIpc) is 2.77. The Morgan fingerprint density at radius 1 is 1.14 bits per heavy atom. The first-order valence-electron chi connectivity index (χ1n) is 10.2. The van der Waals surface area contributed by atoms with Crippen molar-refractivity contribution in [2.75, 3.05) is 19.7 Å². The van der Waals surface area contributed by atoms with Gasteiger partial charge in [0.2, 0.25) is 5.91 Å². The Morgan fingerprint density at radius 3 is 2.86 bits per heavy atom. The summed E-state index contributed by atoms with van der Waals surface area (Å²) in [5.41, 5.74) is 2.12. The van der Waals surface area contributed by atoms with Crippen molar-refractivity contribution >= 4 is 16.7 Å². The molecule has 5 nitrogen and oxygen atoms in total. The van der Waals surface area contributed by atoms with Crippen molar-refractivity contribution in [3.8, 4) is 5.75 Å². The van der Waals surface area contributed by atoms with E-state index in [1.54, 1.807) is 6.20 Å². The van der Waals surface area contributed by atoms with Gasteiger partial charge in [0.1, 0.15) is 5.75 Å². The summed E-state index contributed by atoms with van der Waals surface area (Å²) in [5.74, 6) is 1.15. The number of hydrogen-bond acceptors (Lipinski definition) is 4. The molecule has 1 aliphatic rings. The Labute approximate surface area is 171 Å². The normalized spacial score (nSPS) is 19.1.